The highest BCUT2D eigenvalue weighted by atomic mass is 35.5. The number of hydrogen-bond acceptors (Lipinski definition) is 4. The van der Waals surface area contributed by atoms with Gasteiger partial charge in [0, 0.05) is 25.9 Å². The summed E-state index contributed by atoms with van der Waals surface area (Å²) in [6.07, 6.45) is 0. The fraction of sp³-hybridized carbons (Fsp3) is 0.0833. The molecule has 0 saturated heterocycles. The van der Waals surface area contributed by atoms with Gasteiger partial charge >= 0.3 is 0 Å². The van der Waals surface area contributed by atoms with Crippen LogP contribution in [0.1, 0.15) is 5.69 Å². The number of hydrogen-bond donors (Lipinski definition) is 1. The first-order valence-electron chi connectivity index (χ1n) is 9.61. The molecule has 1 N–H and O–H groups in total. The molecule has 0 fully saturated rings. The lowest BCUT2D eigenvalue weighted by atomic mass is 10.2. The van der Waals surface area contributed by atoms with E-state index >= 15 is 0 Å². The van der Waals surface area contributed by atoms with Gasteiger partial charge in [-0.15, -0.1) is 0 Å². The quantitative estimate of drug-likeness (QED) is 0.293. The minimum Gasteiger partial charge on any atom is -0.480 e. The molecule has 1 amide bonds. The third-order valence-corrected chi connectivity index (χ3v) is 6.46. The van der Waals surface area contributed by atoms with Crippen molar-refractivity contribution < 1.29 is 9.53 Å². The summed E-state index contributed by atoms with van der Waals surface area (Å²) in [6, 6.07) is 20.4. The molecule has 4 rings (SSSR count). The second-order valence-corrected chi connectivity index (χ2v) is 9.27. The average molecular weight is 504 g/mol. The normalized spacial score (nSPS) is 10.9. The molecule has 0 aliphatic rings. The maximum Gasteiger partial charge on any atom is 0.262 e. The van der Waals surface area contributed by atoms with Crippen molar-refractivity contribution in [1.29, 1.82) is 0 Å². The first-order valence-corrected chi connectivity index (χ1v) is 11.6. The lowest BCUT2D eigenvalue weighted by Crippen LogP contribution is -2.20. The van der Waals surface area contributed by atoms with E-state index in [0.29, 0.717) is 37.4 Å². The molecular formula is C24H17Cl3N2O2S. The van der Waals surface area contributed by atoms with Gasteiger partial charge in [-0.2, -0.15) is 0 Å². The molecule has 1 aromatic heterocycles. The third kappa shape index (κ3) is 5.30. The van der Waals surface area contributed by atoms with Crippen molar-refractivity contribution in [2.24, 2.45) is 0 Å². The van der Waals surface area contributed by atoms with Gasteiger partial charge in [-0.25, -0.2) is 4.98 Å². The van der Waals surface area contributed by atoms with Crippen molar-refractivity contribution in [3.63, 3.8) is 0 Å². The minimum atomic E-state index is -0.319. The summed E-state index contributed by atoms with van der Waals surface area (Å²) in [4.78, 5) is 19.1. The topological polar surface area (TPSA) is 51.2 Å². The van der Waals surface area contributed by atoms with Crippen molar-refractivity contribution >= 4 is 69.1 Å². The first kappa shape index (κ1) is 22.7. The molecule has 1 heterocycles. The van der Waals surface area contributed by atoms with Gasteiger partial charge in [0.1, 0.15) is 5.52 Å². The molecule has 0 unspecified atom stereocenters. The molecule has 3 aromatic carbocycles. The molecule has 8 heteroatoms. The van der Waals surface area contributed by atoms with Crippen LogP contribution in [0.2, 0.25) is 15.1 Å². The van der Waals surface area contributed by atoms with E-state index in [0.717, 1.165) is 15.5 Å². The van der Waals surface area contributed by atoms with Gasteiger partial charge in [0.25, 0.3) is 5.91 Å². The minimum absolute atomic E-state index is 0.230. The lowest BCUT2D eigenvalue weighted by Gasteiger charge is -2.14. The lowest BCUT2D eigenvalue weighted by molar-refractivity contribution is -0.118. The smallest absolute Gasteiger partial charge is 0.262 e. The molecule has 32 heavy (non-hydrogen) atoms. The number of rotatable bonds is 6. The number of carbonyl (C=O) groups excluding carboxylic acids is 1. The molecule has 0 bridgehead atoms. The standard InChI is InChI=1S/C24H17Cl3N2O2S/c1-14-6-11-17-18(26)12-19(27)24(23(17)28-14)31-13-22(30)29-20-4-2-3-5-21(20)32-16-9-7-15(25)8-10-16/h2-12H,13H2,1H3,(H,29,30). The average Bonchev–Trinajstić information content (AvgIpc) is 2.76. The second-order valence-electron chi connectivity index (χ2n) is 6.91. The highest BCUT2D eigenvalue weighted by molar-refractivity contribution is 7.99. The molecule has 0 atom stereocenters. The molecule has 0 aliphatic heterocycles. The molecule has 0 aliphatic carbocycles. The molecule has 4 aromatic rings. The van der Waals surface area contributed by atoms with Crippen LogP contribution >= 0.6 is 46.6 Å². The Balaban J connectivity index is 1.50. The molecular weight excluding hydrogens is 487 g/mol. The highest BCUT2D eigenvalue weighted by Crippen LogP contribution is 2.37. The predicted molar refractivity (Wildman–Crippen MR) is 133 cm³/mol. The molecule has 162 valence electrons. The van der Waals surface area contributed by atoms with Gasteiger partial charge in [-0.05, 0) is 61.5 Å². The Morgan fingerprint density at radius 3 is 2.53 bits per heavy atom. The monoisotopic (exact) mass is 502 g/mol. The van der Waals surface area contributed by atoms with E-state index in [1.807, 2.05) is 67.6 Å². The number of carbonyl (C=O) groups is 1. The van der Waals surface area contributed by atoms with Crippen LogP contribution in [0.3, 0.4) is 0 Å². The first-order chi connectivity index (χ1) is 15.4. The van der Waals surface area contributed by atoms with E-state index in [2.05, 4.69) is 10.3 Å². The zero-order valence-electron chi connectivity index (χ0n) is 16.9. The molecule has 0 saturated carbocycles. The predicted octanol–water partition coefficient (Wildman–Crippen LogP) is 7.67. The van der Waals surface area contributed by atoms with E-state index in [-0.39, 0.29) is 12.5 Å². The summed E-state index contributed by atoms with van der Waals surface area (Å²) in [6.45, 7) is 1.63. The van der Waals surface area contributed by atoms with E-state index in [4.69, 9.17) is 39.5 Å². The van der Waals surface area contributed by atoms with Crippen LogP contribution in [0.15, 0.2) is 76.5 Å². The number of fused-ring (bicyclic) bond motifs is 1. The number of aryl methyl sites for hydroxylation is 1. The summed E-state index contributed by atoms with van der Waals surface area (Å²) >= 11 is 20.1. The Hall–Kier alpha value is -2.44. The summed E-state index contributed by atoms with van der Waals surface area (Å²) in [5.74, 6) is 0.00900. The van der Waals surface area contributed by atoms with Crippen LogP contribution < -0.4 is 10.1 Å². The SMILES string of the molecule is Cc1ccc2c(Cl)cc(Cl)c(OCC(=O)Nc3ccccc3Sc3ccc(Cl)cc3)c2n1. The molecule has 0 spiro atoms. The number of nitrogens with zero attached hydrogens (tertiary/aromatic N) is 1. The number of halogens is 3. The Kier molecular flexibility index (Phi) is 7.11. The summed E-state index contributed by atoms with van der Waals surface area (Å²) in [5.41, 5.74) is 1.99. The number of pyridine rings is 1. The van der Waals surface area contributed by atoms with Crippen molar-refractivity contribution in [2.45, 2.75) is 16.7 Å². The maximum atomic E-state index is 12.7. The van der Waals surface area contributed by atoms with Crippen molar-refractivity contribution in [1.82, 2.24) is 4.98 Å². The van der Waals surface area contributed by atoms with Gasteiger partial charge in [-0.3, -0.25) is 4.79 Å². The third-order valence-electron chi connectivity index (χ3n) is 4.53. The van der Waals surface area contributed by atoms with Crippen molar-refractivity contribution in [3.05, 3.63) is 87.5 Å². The number of anilines is 1. The van der Waals surface area contributed by atoms with Crippen LogP contribution in [-0.4, -0.2) is 17.5 Å². The zero-order chi connectivity index (χ0) is 22.7. The number of ether oxygens (including phenoxy) is 1. The number of aromatic nitrogens is 1. The van der Waals surface area contributed by atoms with E-state index in [1.54, 1.807) is 6.07 Å². The number of para-hydroxylation sites is 1. The summed E-state index contributed by atoms with van der Waals surface area (Å²) < 4.78 is 5.78. The van der Waals surface area contributed by atoms with E-state index < -0.39 is 0 Å². The van der Waals surface area contributed by atoms with Crippen LogP contribution in [-0.2, 0) is 4.79 Å². The van der Waals surface area contributed by atoms with E-state index in [1.165, 1.54) is 11.8 Å². The summed E-state index contributed by atoms with van der Waals surface area (Å²) in [5, 5.41) is 5.06. The van der Waals surface area contributed by atoms with Gasteiger partial charge in [0.2, 0.25) is 0 Å². The zero-order valence-corrected chi connectivity index (χ0v) is 19.9. The molecule has 0 radical (unpaired) electrons. The van der Waals surface area contributed by atoms with Crippen LogP contribution in [0.25, 0.3) is 10.9 Å². The van der Waals surface area contributed by atoms with Gasteiger partial charge in [0.05, 0.1) is 15.7 Å². The molecule has 4 nitrogen and oxygen atoms in total. The fourth-order valence-corrected chi connectivity index (χ4v) is 4.64. The number of amides is 1. The Bertz CT molecular complexity index is 1300. The van der Waals surface area contributed by atoms with Crippen LogP contribution in [0.5, 0.6) is 5.75 Å². The Morgan fingerprint density at radius 1 is 1.00 bits per heavy atom. The van der Waals surface area contributed by atoms with Gasteiger partial charge in [0.15, 0.2) is 12.4 Å². The number of nitrogens with one attached hydrogen (secondary N) is 1. The van der Waals surface area contributed by atoms with Gasteiger partial charge < -0.3 is 10.1 Å². The van der Waals surface area contributed by atoms with Crippen LogP contribution in [0.4, 0.5) is 5.69 Å². The second kappa shape index (κ2) is 10.0. The van der Waals surface area contributed by atoms with Crippen molar-refractivity contribution in [2.75, 3.05) is 11.9 Å². The maximum absolute atomic E-state index is 12.7. The van der Waals surface area contributed by atoms with E-state index in [9.17, 15) is 4.79 Å². The number of benzene rings is 3. The summed E-state index contributed by atoms with van der Waals surface area (Å²) in [7, 11) is 0. The Morgan fingerprint density at radius 2 is 1.75 bits per heavy atom. The van der Waals surface area contributed by atoms with Crippen molar-refractivity contribution in [3.8, 4) is 5.75 Å². The largest absolute Gasteiger partial charge is 0.480 e. The van der Waals surface area contributed by atoms with Crippen LogP contribution in [0, 0.1) is 6.92 Å². The highest BCUT2D eigenvalue weighted by Gasteiger charge is 2.15. The Labute approximate surface area is 204 Å². The fourth-order valence-electron chi connectivity index (χ4n) is 3.04. The van der Waals surface area contributed by atoms with Gasteiger partial charge in [-0.1, -0.05) is 58.7 Å².